The van der Waals surface area contributed by atoms with Gasteiger partial charge in [-0.25, -0.2) is 4.98 Å². The molecule has 3 heterocycles. The Morgan fingerprint density at radius 1 is 1.17 bits per heavy atom. The molecule has 4 rings (SSSR count). The van der Waals surface area contributed by atoms with Crippen LogP contribution in [-0.2, 0) is 4.74 Å². The lowest BCUT2D eigenvalue weighted by atomic mass is 10.1. The predicted octanol–water partition coefficient (Wildman–Crippen LogP) is 3.36. The van der Waals surface area contributed by atoms with Crippen LogP contribution in [0.1, 0.15) is 30.8 Å². The number of hydrogen-bond donors (Lipinski definition) is 2. The number of benzene rings is 1. The zero-order chi connectivity index (χ0) is 20.4. The summed E-state index contributed by atoms with van der Waals surface area (Å²) in [6, 6.07) is 7.84. The number of fused-ring (bicyclic) bond motifs is 1. The van der Waals surface area contributed by atoms with Gasteiger partial charge >= 0.3 is 0 Å². The molecule has 1 aliphatic rings. The molecule has 0 saturated carbocycles. The number of pyridine rings is 1. The number of ether oxygens (including phenoxy) is 1. The first-order valence-corrected chi connectivity index (χ1v) is 10.1. The molecular formula is C20H24ClN7O. The van der Waals surface area contributed by atoms with Gasteiger partial charge in [-0.05, 0) is 32.4 Å². The van der Waals surface area contributed by atoms with Gasteiger partial charge < -0.3 is 20.7 Å². The highest BCUT2D eigenvalue weighted by Gasteiger charge is 2.21. The van der Waals surface area contributed by atoms with Gasteiger partial charge in [-0.1, -0.05) is 23.7 Å². The molecule has 3 N–H and O–H groups in total. The van der Waals surface area contributed by atoms with Crippen molar-refractivity contribution in [2.45, 2.75) is 26.3 Å². The van der Waals surface area contributed by atoms with E-state index in [-0.39, 0.29) is 12.0 Å². The number of nitrogens with two attached hydrogens (primary N) is 1. The van der Waals surface area contributed by atoms with Crippen molar-refractivity contribution in [2.24, 2.45) is 0 Å². The van der Waals surface area contributed by atoms with E-state index in [1.165, 1.54) is 0 Å². The lowest BCUT2D eigenvalue weighted by Crippen LogP contribution is -2.29. The number of hydrogen-bond acceptors (Lipinski definition) is 8. The minimum atomic E-state index is -0.105. The van der Waals surface area contributed by atoms with E-state index in [1.54, 1.807) is 6.92 Å². The average Bonchev–Trinajstić information content (AvgIpc) is 2.96. The number of nitrogens with zero attached hydrogens (tertiary/aromatic N) is 5. The summed E-state index contributed by atoms with van der Waals surface area (Å²) in [6.45, 7) is 6.93. The maximum absolute atomic E-state index is 6.43. The van der Waals surface area contributed by atoms with E-state index in [4.69, 9.17) is 27.1 Å². The summed E-state index contributed by atoms with van der Waals surface area (Å²) in [5.74, 6) is 2.11. The maximum atomic E-state index is 6.43. The van der Waals surface area contributed by atoms with Crippen molar-refractivity contribution in [1.82, 2.24) is 19.9 Å². The fraction of sp³-hybridized carbons (Fsp3) is 0.400. The Balaban J connectivity index is 1.76. The molecule has 1 aliphatic heterocycles. The fourth-order valence-electron chi connectivity index (χ4n) is 3.54. The van der Waals surface area contributed by atoms with E-state index in [0.29, 0.717) is 23.4 Å². The standard InChI is InChI=1S/C20H24ClN7O/c1-12(23-20-25-13(2)24-19(22)27-20)15-11-14-5-3-6-16(21)17(14)26-18(15)28-7-4-9-29-10-8-28/h3,5-6,11-12H,4,7-10H2,1-2H3,(H3,22,23,24,25,27). The summed E-state index contributed by atoms with van der Waals surface area (Å²) < 4.78 is 5.63. The van der Waals surface area contributed by atoms with Crippen LogP contribution in [0, 0.1) is 6.92 Å². The van der Waals surface area contributed by atoms with Crippen molar-refractivity contribution in [3.63, 3.8) is 0 Å². The number of anilines is 3. The van der Waals surface area contributed by atoms with Gasteiger partial charge in [-0.2, -0.15) is 15.0 Å². The number of nitrogen functional groups attached to an aromatic ring is 1. The van der Waals surface area contributed by atoms with Crippen LogP contribution in [0.15, 0.2) is 24.3 Å². The molecule has 29 heavy (non-hydrogen) atoms. The van der Waals surface area contributed by atoms with Crippen molar-refractivity contribution in [1.29, 1.82) is 0 Å². The molecule has 0 spiro atoms. The number of halogens is 1. The quantitative estimate of drug-likeness (QED) is 0.671. The minimum Gasteiger partial charge on any atom is -0.380 e. The summed E-state index contributed by atoms with van der Waals surface area (Å²) in [5, 5.41) is 4.97. The number of para-hydroxylation sites is 1. The first-order chi connectivity index (χ1) is 14.0. The van der Waals surface area contributed by atoms with Crippen molar-refractivity contribution in [3.8, 4) is 0 Å². The molecule has 1 unspecified atom stereocenters. The molecule has 152 valence electrons. The Morgan fingerprint density at radius 3 is 2.86 bits per heavy atom. The molecule has 1 atom stereocenters. The number of aromatic nitrogens is 4. The van der Waals surface area contributed by atoms with Crippen LogP contribution in [0.25, 0.3) is 10.9 Å². The third-order valence-corrected chi connectivity index (χ3v) is 5.21. The van der Waals surface area contributed by atoms with Gasteiger partial charge in [-0.3, -0.25) is 0 Å². The molecule has 8 nitrogen and oxygen atoms in total. The van der Waals surface area contributed by atoms with E-state index in [0.717, 1.165) is 48.4 Å². The van der Waals surface area contributed by atoms with E-state index in [1.807, 2.05) is 18.2 Å². The van der Waals surface area contributed by atoms with E-state index in [2.05, 4.69) is 38.2 Å². The average molecular weight is 414 g/mol. The van der Waals surface area contributed by atoms with E-state index in [9.17, 15) is 0 Å². The maximum Gasteiger partial charge on any atom is 0.228 e. The van der Waals surface area contributed by atoms with Gasteiger partial charge in [0.25, 0.3) is 0 Å². The summed E-state index contributed by atoms with van der Waals surface area (Å²) in [4.78, 5) is 19.8. The zero-order valence-electron chi connectivity index (χ0n) is 16.5. The molecule has 1 fully saturated rings. The second-order valence-corrected chi connectivity index (χ2v) is 7.50. The normalized spacial score (nSPS) is 15.9. The second-order valence-electron chi connectivity index (χ2n) is 7.10. The van der Waals surface area contributed by atoms with Crippen LogP contribution >= 0.6 is 11.6 Å². The SMILES string of the molecule is Cc1nc(N)nc(NC(C)c2cc3cccc(Cl)c3nc2N2CCCOCC2)n1. The molecule has 3 aromatic rings. The summed E-state index contributed by atoms with van der Waals surface area (Å²) in [5.41, 5.74) is 7.61. The Labute approximate surface area is 174 Å². The summed E-state index contributed by atoms with van der Waals surface area (Å²) in [7, 11) is 0. The zero-order valence-corrected chi connectivity index (χ0v) is 17.3. The largest absolute Gasteiger partial charge is 0.380 e. The molecule has 0 radical (unpaired) electrons. The molecule has 1 aromatic carbocycles. The first kappa shape index (κ1) is 19.6. The molecule has 0 bridgehead atoms. The van der Waals surface area contributed by atoms with Crippen LogP contribution in [0.3, 0.4) is 0 Å². The molecule has 2 aromatic heterocycles. The monoisotopic (exact) mass is 413 g/mol. The van der Waals surface area contributed by atoms with Gasteiger partial charge in [-0.15, -0.1) is 0 Å². The third kappa shape index (κ3) is 4.33. The minimum absolute atomic E-state index is 0.105. The van der Waals surface area contributed by atoms with E-state index < -0.39 is 0 Å². The Hall–Kier alpha value is -2.71. The van der Waals surface area contributed by atoms with Crippen molar-refractivity contribution in [2.75, 3.05) is 42.3 Å². The molecule has 0 aliphatic carbocycles. The van der Waals surface area contributed by atoms with Crippen molar-refractivity contribution in [3.05, 3.63) is 40.7 Å². The lowest BCUT2D eigenvalue weighted by Gasteiger charge is -2.27. The Kier molecular flexibility index (Phi) is 5.64. The van der Waals surface area contributed by atoms with Gasteiger partial charge in [0, 0.05) is 30.6 Å². The number of aryl methyl sites for hydroxylation is 1. The summed E-state index contributed by atoms with van der Waals surface area (Å²) >= 11 is 6.43. The van der Waals surface area contributed by atoms with Crippen LogP contribution in [0.2, 0.25) is 5.02 Å². The first-order valence-electron chi connectivity index (χ1n) is 9.68. The second kappa shape index (κ2) is 8.34. The van der Waals surface area contributed by atoms with Gasteiger partial charge in [0.1, 0.15) is 11.6 Å². The number of rotatable bonds is 4. The van der Waals surface area contributed by atoms with Gasteiger partial charge in [0.15, 0.2) is 0 Å². The fourth-order valence-corrected chi connectivity index (χ4v) is 3.76. The predicted molar refractivity (Wildman–Crippen MR) is 115 cm³/mol. The summed E-state index contributed by atoms with van der Waals surface area (Å²) in [6.07, 6.45) is 0.951. The highest BCUT2D eigenvalue weighted by Crippen LogP contribution is 2.33. The lowest BCUT2D eigenvalue weighted by molar-refractivity contribution is 0.152. The number of nitrogens with one attached hydrogen (secondary N) is 1. The highest BCUT2D eigenvalue weighted by molar-refractivity contribution is 6.35. The molecular weight excluding hydrogens is 390 g/mol. The van der Waals surface area contributed by atoms with Gasteiger partial charge in [0.05, 0.1) is 23.2 Å². The Bertz CT molecular complexity index is 1000. The third-order valence-electron chi connectivity index (χ3n) is 4.90. The van der Waals surface area contributed by atoms with Crippen LogP contribution in [0.4, 0.5) is 17.7 Å². The highest BCUT2D eigenvalue weighted by atomic mass is 35.5. The van der Waals surface area contributed by atoms with E-state index >= 15 is 0 Å². The van der Waals surface area contributed by atoms with Crippen molar-refractivity contribution >= 4 is 40.2 Å². The Morgan fingerprint density at radius 2 is 2.03 bits per heavy atom. The van der Waals surface area contributed by atoms with Crippen molar-refractivity contribution < 1.29 is 4.74 Å². The van der Waals surface area contributed by atoms with Gasteiger partial charge in [0.2, 0.25) is 11.9 Å². The van der Waals surface area contributed by atoms with Crippen LogP contribution in [-0.4, -0.2) is 46.2 Å². The topological polar surface area (TPSA) is 102 Å². The van der Waals surface area contributed by atoms with Crippen LogP contribution in [0.5, 0.6) is 0 Å². The van der Waals surface area contributed by atoms with Crippen LogP contribution < -0.4 is 16.0 Å². The molecule has 0 amide bonds. The molecule has 1 saturated heterocycles. The smallest absolute Gasteiger partial charge is 0.228 e. The molecule has 9 heteroatoms.